The van der Waals surface area contributed by atoms with Gasteiger partial charge in [-0.3, -0.25) is 4.79 Å². The van der Waals surface area contributed by atoms with Gasteiger partial charge >= 0.3 is 0 Å². The average Bonchev–Trinajstić information content (AvgIpc) is 3.09. The first kappa shape index (κ1) is 13.5. The third-order valence-electron chi connectivity index (χ3n) is 3.70. The Balaban J connectivity index is 1.89. The second kappa shape index (κ2) is 5.48. The molecular weight excluding hydrogens is 262 g/mol. The summed E-state index contributed by atoms with van der Waals surface area (Å²) in [4.78, 5) is 15.8. The fourth-order valence-corrected chi connectivity index (χ4v) is 2.72. The molecule has 4 heteroatoms. The van der Waals surface area contributed by atoms with Crippen molar-refractivity contribution in [1.82, 2.24) is 9.55 Å². The van der Waals surface area contributed by atoms with Gasteiger partial charge < -0.3 is 14.9 Å². The predicted molar refractivity (Wildman–Crippen MR) is 85.2 cm³/mol. The van der Waals surface area contributed by atoms with E-state index in [9.17, 15) is 4.79 Å². The van der Waals surface area contributed by atoms with Gasteiger partial charge in [-0.25, -0.2) is 0 Å². The van der Waals surface area contributed by atoms with Gasteiger partial charge in [0.15, 0.2) is 0 Å². The van der Waals surface area contributed by atoms with Crippen LogP contribution in [0.3, 0.4) is 0 Å². The highest BCUT2D eigenvalue weighted by atomic mass is 16.2. The van der Waals surface area contributed by atoms with Gasteiger partial charge in [0.05, 0.1) is 5.69 Å². The van der Waals surface area contributed by atoms with Crippen molar-refractivity contribution in [2.24, 2.45) is 5.92 Å². The fourth-order valence-electron chi connectivity index (χ4n) is 2.72. The molecule has 0 aliphatic heterocycles. The second-order valence-corrected chi connectivity index (χ2v) is 5.55. The van der Waals surface area contributed by atoms with Gasteiger partial charge in [0, 0.05) is 29.5 Å². The number of carbonyl (C=O) groups is 1. The lowest BCUT2D eigenvalue weighted by atomic mass is 10.0. The summed E-state index contributed by atoms with van der Waals surface area (Å²) in [5.41, 5.74) is 1.87. The number of hydrogen-bond acceptors (Lipinski definition) is 1. The quantitative estimate of drug-likeness (QED) is 0.750. The molecule has 0 unspecified atom stereocenters. The van der Waals surface area contributed by atoms with Crippen molar-refractivity contribution in [2.75, 3.05) is 5.32 Å². The Morgan fingerprint density at radius 3 is 2.62 bits per heavy atom. The van der Waals surface area contributed by atoms with Crippen molar-refractivity contribution < 1.29 is 4.79 Å². The fraction of sp³-hybridized carbons (Fsp3) is 0.235. The van der Waals surface area contributed by atoms with Crippen LogP contribution in [0, 0.1) is 5.92 Å². The molecule has 2 aromatic heterocycles. The molecular formula is C17H19N3O. The van der Waals surface area contributed by atoms with Crippen molar-refractivity contribution in [2.45, 2.75) is 19.9 Å². The molecule has 0 saturated carbocycles. The number of fused-ring (bicyclic) bond motifs is 1. The van der Waals surface area contributed by atoms with E-state index in [1.54, 1.807) is 0 Å². The van der Waals surface area contributed by atoms with Crippen LogP contribution in [0.15, 0.2) is 55.0 Å². The number of amides is 1. The zero-order valence-corrected chi connectivity index (χ0v) is 12.2. The molecule has 2 heterocycles. The van der Waals surface area contributed by atoms with Gasteiger partial charge in [0.2, 0.25) is 5.91 Å². The van der Waals surface area contributed by atoms with Gasteiger partial charge in [-0.05, 0) is 36.2 Å². The van der Waals surface area contributed by atoms with Crippen molar-refractivity contribution >= 4 is 22.5 Å². The van der Waals surface area contributed by atoms with Crippen molar-refractivity contribution in [3.8, 4) is 0 Å². The topological polar surface area (TPSA) is 49.8 Å². The first-order chi connectivity index (χ1) is 10.2. The zero-order valence-electron chi connectivity index (χ0n) is 12.2. The number of anilines is 1. The third kappa shape index (κ3) is 2.57. The number of aromatic nitrogens is 2. The smallest absolute Gasteiger partial charge is 0.247 e. The number of carbonyl (C=O) groups excluding carboxylic acids is 1. The van der Waals surface area contributed by atoms with Crippen LogP contribution in [-0.2, 0) is 4.79 Å². The van der Waals surface area contributed by atoms with Crippen LogP contribution in [0.1, 0.15) is 19.9 Å². The predicted octanol–water partition coefficient (Wildman–Crippen LogP) is 3.81. The Labute approximate surface area is 123 Å². The zero-order chi connectivity index (χ0) is 14.8. The largest absolute Gasteiger partial charge is 0.361 e. The number of H-pyrrole nitrogens is 1. The average molecular weight is 281 g/mol. The summed E-state index contributed by atoms with van der Waals surface area (Å²) in [6, 6.07) is 11.5. The van der Waals surface area contributed by atoms with Crippen LogP contribution in [0.25, 0.3) is 10.9 Å². The van der Waals surface area contributed by atoms with Crippen molar-refractivity contribution in [1.29, 1.82) is 0 Å². The minimum atomic E-state index is -0.214. The monoisotopic (exact) mass is 281 g/mol. The Bertz CT molecular complexity index is 740. The van der Waals surface area contributed by atoms with E-state index in [1.807, 2.05) is 59.6 Å². The first-order valence-corrected chi connectivity index (χ1v) is 7.16. The minimum absolute atomic E-state index is 0.00917. The Morgan fingerprint density at radius 1 is 1.14 bits per heavy atom. The molecule has 0 aliphatic rings. The SMILES string of the molecule is CC(C)[C@@H](C(=O)Nc1cccc2[nH]ccc12)n1cccc1. The summed E-state index contributed by atoms with van der Waals surface area (Å²) in [6.45, 7) is 4.11. The summed E-state index contributed by atoms with van der Waals surface area (Å²) in [5.74, 6) is 0.220. The molecule has 1 aromatic carbocycles. The van der Waals surface area contributed by atoms with Crippen molar-refractivity contribution in [3.63, 3.8) is 0 Å². The van der Waals surface area contributed by atoms with Gasteiger partial charge in [-0.2, -0.15) is 0 Å². The van der Waals surface area contributed by atoms with E-state index in [0.29, 0.717) is 0 Å². The molecule has 0 saturated heterocycles. The lowest BCUT2D eigenvalue weighted by molar-refractivity contribution is -0.120. The molecule has 2 N–H and O–H groups in total. The van der Waals surface area contributed by atoms with E-state index < -0.39 is 0 Å². The Morgan fingerprint density at radius 2 is 1.90 bits per heavy atom. The molecule has 4 nitrogen and oxygen atoms in total. The second-order valence-electron chi connectivity index (χ2n) is 5.55. The van der Waals surface area contributed by atoms with Crippen molar-refractivity contribution in [3.05, 3.63) is 55.0 Å². The van der Waals surface area contributed by atoms with Gasteiger partial charge in [0.25, 0.3) is 0 Å². The maximum atomic E-state index is 12.7. The van der Waals surface area contributed by atoms with E-state index in [0.717, 1.165) is 16.6 Å². The van der Waals surface area contributed by atoms with Gasteiger partial charge in [-0.1, -0.05) is 19.9 Å². The van der Waals surface area contributed by atoms with Gasteiger partial charge in [-0.15, -0.1) is 0 Å². The number of nitrogens with zero attached hydrogens (tertiary/aromatic N) is 1. The van der Waals surface area contributed by atoms with Crippen LogP contribution in [0.4, 0.5) is 5.69 Å². The minimum Gasteiger partial charge on any atom is -0.361 e. The van der Waals surface area contributed by atoms with E-state index in [4.69, 9.17) is 0 Å². The molecule has 21 heavy (non-hydrogen) atoms. The molecule has 1 amide bonds. The summed E-state index contributed by atoms with van der Waals surface area (Å²) < 4.78 is 1.96. The van der Waals surface area contributed by atoms with Crippen LogP contribution >= 0.6 is 0 Å². The van der Waals surface area contributed by atoms with E-state index in [2.05, 4.69) is 24.1 Å². The standard InChI is InChI=1S/C17H19N3O/c1-12(2)16(20-10-3-4-11-20)17(21)19-15-7-5-6-14-13(15)8-9-18-14/h3-12,16,18H,1-2H3,(H,19,21)/t16-/m0/s1. The number of benzene rings is 1. The maximum absolute atomic E-state index is 12.7. The highest BCUT2D eigenvalue weighted by Crippen LogP contribution is 2.25. The first-order valence-electron chi connectivity index (χ1n) is 7.16. The lowest BCUT2D eigenvalue weighted by Crippen LogP contribution is -2.29. The third-order valence-corrected chi connectivity index (χ3v) is 3.70. The number of nitrogens with one attached hydrogen (secondary N) is 2. The highest BCUT2D eigenvalue weighted by molar-refractivity contribution is 6.02. The highest BCUT2D eigenvalue weighted by Gasteiger charge is 2.23. The molecule has 108 valence electrons. The number of hydrogen-bond donors (Lipinski definition) is 2. The molecule has 0 fully saturated rings. The van der Waals surface area contributed by atoms with Gasteiger partial charge in [0.1, 0.15) is 6.04 Å². The lowest BCUT2D eigenvalue weighted by Gasteiger charge is -2.22. The van der Waals surface area contributed by atoms with Crippen LogP contribution in [0.5, 0.6) is 0 Å². The molecule has 3 aromatic rings. The summed E-state index contributed by atoms with van der Waals surface area (Å²) >= 11 is 0. The molecule has 0 radical (unpaired) electrons. The summed E-state index contributed by atoms with van der Waals surface area (Å²) in [5, 5.41) is 4.09. The number of rotatable bonds is 4. The Hall–Kier alpha value is -2.49. The molecule has 1 atom stereocenters. The molecule has 0 bridgehead atoms. The van der Waals surface area contributed by atoms with E-state index in [1.165, 1.54) is 0 Å². The van der Waals surface area contributed by atoms with Crippen LogP contribution in [0.2, 0.25) is 0 Å². The maximum Gasteiger partial charge on any atom is 0.247 e. The van der Waals surface area contributed by atoms with Crippen LogP contribution < -0.4 is 5.32 Å². The molecule has 0 aliphatic carbocycles. The summed E-state index contributed by atoms with van der Waals surface area (Å²) in [7, 11) is 0. The van der Waals surface area contributed by atoms with E-state index in [-0.39, 0.29) is 17.9 Å². The number of aromatic amines is 1. The summed E-state index contributed by atoms with van der Waals surface area (Å²) in [6.07, 6.45) is 5.74. The molecule has 3 rings (SSSR count). The molecule has 0 spiro atoms. The Kier molecular flexibility index (Phi) is 3.52. The van der Waals surface area contributed by atoms with Crippen LogP contribution in [-0.4, -0.2) is 15.5 Å². The normalized spacial score (nSPS) is 12.7. The van der Waals surface area contributed by atoms with E-state index >= 15 is 0 Å².